The van der Waals surface area contributed by atoms with Crippen LogP contribution in [0, 0.1) is 0 Å². The lowest BCUT2D eigenvalue weighted by Crippen LogP contribution is -2.18. The maximum absolute atomic E-state index is 6.36. The van der Waals surface area contributed by atoms with Crippen molar-refractivity contribution < 1.29 is 0 Å². The minimum Gasteiger partial charge on any atom is -0.309 e. The molecule has 3 heteroatoms. The van der Waals surface area contributed by atoms with Gasteiger partial charge in [0.05, 0.1) is 6.04 Å². The second kappa shape index (κ2) is 7.44. The SMILES string of the molecule is CCC(C)c1ccc(C(NC)c2cc(Br)ccc2Cl)cc1. The van der Waals surface area contributed by atoms with Crippen molar-refractivity contribution in [3.8, 4) is 0 Å². The standard InChI is InChI=1S/C18H21BrClN/c1-4-12(2)13-5-7-14(8-6-13)18(21-3)16-11-15(19)9-10-17(16)20/h5-12,18,21H,4H2,1-3H3. The summed E-state index contributed by atoms with van der Waals surface area (Å²) in [5, 5.41) is 4.14. The molecular weight excluding hydrogens is 346 g/mol. The first kappa shape index (κ1) is 16.5. The van der Waals surface area contributed by atoms with Gasteiger partial charge in [-0.1, -0.05) is 65.6 Å². The van der Waals surface area contributed by atoms with Gasteiger partial charge in [0.2, 0.25) is 0 Å². The fraction of sp³-hybridized carbons (Fsp3) is 0.333. The fourth-order valence-electron chi connectivity index (χ4n) is 2.49. The van der Waals surface area contributed by atoms with Gasteiger partial charge in [0.1, 0.15) is 0 Å². The molecule has 0 aliphatic heterocycles. The summed E-state index contributed by atoms with van der Waals surface area (Å²) in [4.78, 5) is 0. The number of benzene rings is 2. The third-order valence-corrected chi connectivity index (χ3v) is 4.85. The number of halogens is 2. The molecule has 0 bridgehead atoms. The highest BCUT2D eigenvalue weighted by molar-refractivity contribution is 9.10. The van der Waals surface area contributed by atoms with Crippen LogP contribution in [-0.2, 0) is 0 Å². The van der Waals surface area contributed by atoms with E-state index in [1.807, 2.05) is 19.2 Å². The van der Waals surface area contributed by atoms with Crippen molar-refractivity contribution in [2.24, 2.45) is 0 Å². The van der Waals surface area contributed by atoms with Gasteiger partial charge in [-0.15, -0.1) is 0 Å². The normalized spacial score (nSPS) is 14.0. The number of nitrogens with one attached hydrogen (secondary N) is 1. The molecule has 0 spiro atoms. The van der Waals surface area contributed by atoms with Crippen LogP contribution in [0.1, 0.15) is 48.9 Å². The van der Waals surface area contributed by atoms with Crippen LogP contribution in [0.5, 0.6) is 0 Å². The predicted octanol–water partition coefficient (Wildman–Crippen LogP) is 5.92. The minimum absolute atomic E-state index is 0.0981. The monoisotopic (exact) mass is 365 g/mol. The van der Waals surface area contributed by atoms with Crippen molar-refractivity contribution in [3.05, 3.63) is 68.7 Å². The number of hydrogen-bond acceptors (Lipinski definition) is 1. The second-order valence-electron chi connectivity index (χ2n) is 5.36. The van der Waals surface area contributed by atoms with E-state index < -0.39 is 0 Å². The lowest BCUT2D eigenvalue weighted by molar-refractivity contribution is 0.688. The van der Waals surface area contributed by atoms with Crippen LogP contribution in [0.25, 0.3) is 0 Å². The predicted molar refractivity (Wildman–Crippen MR) is 95.2 cm³/mol. The molecule has 0 saturated carbocycles. The molecule has 2 aromatic rings. The van der Waals surface area contributed by atoms with E-state index in [0.29, 0.717) is 5.92 Å². The van der Waals surface area contributed by atoms with Gasteiger partial charge in [-0.25, -0.2) is 0 Å². The molecule has 0 saturated heterocycles. The molecule has 21 heavy (non-hydrogen) atoms. The average Bonchev–Trinajstić information content (AvgIpc) is 2.51. The molecule has 0 aromatic heterocycles. The van der Waals surface area contributed by atoms with Gasteiger partial charge >= 0.3 is 0 Å². The fourth-order valence-corrected chi connectivity index (χ4v) is 3.10. The van der Waals surface area contributed by atoms with Gasteiger partial charge in [-0.05, 0) is 54.3 Å². The van der Waals surface area contributed by atoms with Crippen molar-refractivity contribution in [1.29, 1.82) is 0 Å². The summed E-state index contributed by atoms with van der Waals surface area (Å²) in [6.07, 6.45) is 1.16. The smallest absolute Gasteiger partial charge is 0.0589 e. The molecule has 2 rings (SSSR count). The summed E-state index contributed by atoms with van der Waals surface area (Å²) in [7, 11) is 1.96. The summed E-state index contributed by atoms with van der Waals surface area (Å²) in [5.41, 5.74) is 3.70. The van der Waals surface area contributed by atoms with Crippen LogP contribution >= 0.6 is 27.5 Å². The van der Waals surface area contributed by atoms with E-state index in [0.717, 1.165) is 21.5 Å². The number of rotatable bonds is 5. The molecule has 0 heterocycles. The maximum Gasteiger partial charge on any atom is 0.0589 e. The van der Waals surface area contributed by atoms with Crippen molar-refractivity contribution in [2.45, 2.75) is 32.2 Å². The third-order valence-electron chi connectivity index (χ3n) is 4.01. The lowest BCUT2D eigenvalue weighted by Gasteiger charge is -2.20. The first-order chi connectivity index (χ1) is 10.1. The molecule has 0 fully saturated rings. The van der Waals surface area contributed by atoms with E-state index in [1.165, 1.54) is 11.1 Å². The topological polar surface area (TPSA) is 12.0 Å². The van der Waals surface area contributed by atoms with Crippen molar-refractivity contribution in [1.82, 2.24) is 5.32 Å². The van der Waals surface area contributed by atoms with Crippen LogP contribution in [0.4, 0.5) is 0 Å². The molecule has 0 radical (unpaired) electrons. The summed E-state index contributed by atoms with van der Waals surface area (Å²) < 4.78 is 1.04. The van der Waals surface area contributed by atoms with Gasteiger partial charge in [0, 0.05) is 9.50 Å². The van der Waals surface area contributed by atoms with Crippen LogP contribution in [0.2, 0.25) is 5.02 Å². The molecule has 0 aliphatic carbocycles. The quantitative estimate of drug-likeness (QED) is 0.692. The van der Waals surface area contributed by atoms with E-state index in [9.17, 15) is 0 Å². The van der Waals surface area contributed by atoms with E-state index >= 15 is 0 Å². The molecule has 2 unspecified atom stereocenters. The van der Waals surface area contributed by atoms with E-state index in [-0.39, 0.29) is 6.04 Å². The van der Waals surface area contributed by atoms with Crippen LogP contribution in [0.3, 0.4) is 0 Å². The van der Waals surface area contributed by atoms with Gasteiger partial charge in [-0.2, -0.15) is 0 Å². The van der Waals surface area contributed by atoms with E-state index in [4.69, 9.17) is 11.6 Å². The molecule has 1 N–H and O–H groups in total. The zero-order valence-electron chi connectivity index (χ0n) is 12.7. The summed E-state index contributed by atoms with van der Waals surface area (Å²) >= 11 is 9.88. The summed E-state index contributed by atoms with van der Waals surface area (Å²) in [6.45, 7) is 4.48. The Morgan fingerprint density at radius 1 is 1.10 bits per heavy atom. The Morgan fingerprint density at radius 3 is 2.29 bits per heavy atom. The zero-order valence-corrected chi connectivity index (χ0v) is 15.0. The maximum atomic E-state index is 6.36. The Bertz CT molecular complexity index is 595. The van der Waals surface area contributed by atoms with E-state index in [1.54, 1.807) is 0 Å². The summed E-state index contributed by atoms with van der Waals surface area (Å²) in [5.74, 6) is 0.599. The van der Waals surface area contributed by atoms with Gasteiger partial charge < -0.3 is 5.32 Å². The Morgan fingerprint density at radius 2 is 1.71 bits per heavy atom. The third kappa shape index (κ3) is 3.88. The first-order valence-corrected chi connectivity index (χ1v) is 8.46. The molecular formula is C18H21BrClN. The van der Waals surface area contributed by atoms with Gasteiger partial charge in [0.25, 0.3) is 0 Å². The highest BCUT2D eigenvalue weighted by Crippen LogP contribution is 2.31. The molecule has 2 aromatic carbocycles. The van der Waals surface area contributed by atoms with E-state index in [2.05, 4.69) is 65.4 Å². The Kier molecular flexibility index (Phi) is 5.86. The summed E-state index contributed by atoms with van der Waals surface area (Å²) in [6, 6.07) is 14.9. The Balaban J connectivity index is 2.35. The number of hydrogen-bond donors (Lipinski definition) is 1. The Hall–Kier alpha value is -0.830. The molecule has 112 valence electrons. The second-order valence-corrected chi connectivity index (χ2v) is 6.69. The molecule has 0 aliphatic rings. The van der Waals surface area contributed by atoms with Gasteiger partial charge in [-0.3, -0.25) is 0 Å². The van der Waals surface area contributed by atoms with Crippen LogP contribution < -0.4 is 5.32 Å². The average molecular weight is 367 g/mol. The van der Waals surface area contributed by atoms with Crippen molar-refractivity contribution in [3.63, 3.8) is 0 Å². The highest BCUT2D eigenvalue weighted by Gasteiger charge is 2.16. The molecule has 1 nitrogen and oxygen atoms in total. The Labute approximate surface area is 140 Å². The van der Waals surface area contributed by atoms with Crippen molar-refractivity contribution >= 4 is 27.5 Å². The van der Waals surface area contributed by atoms with Crippen molar-refractivity contribution in [2.75, 3.05) is 7.05 Å². The van der Waals surface area contributed by atoms with Crippen LogP contribution in [0.15, 0.2) is 46.9 Å². The molecule has 2 atom stereocenters. The highest BCUT2D eigenvalue weighted by atomic mass is 79.9. The first-order valence-electron chi connectivity index (χ1n) is 7.28. The minimum atomic E-state index is 0.0981. The largest absolute Gasteiger partial charge is 0.309 e. The zero-order chi connectivity index (χ0) is 15.4. The van der Waals surface area contributed by atoms with Crippen LogP contribution in [-0.4, -0.2) is 7.05 Å². The van der Waals surface area contributed by atoms with Gasteiger partial charge in [0.15, 0.2) is 0 Å². The lowest BCUT2D eigenvalue weighted by atomic mass is 9.93. The molecule has 0 amide bonds.